The van der Waals surface area contributed by atoms with Gasteiger partial charge in [-0.25, -0.2) is 0 Å². The maximum atomic E-state index is 11.8. The van der Waals surface area contributed by atoms with Crippen LogP contribution in [0.15, 0.2) is 11.4 Å². The fourth-order valence-corrected chi connectivity index (χ4v) is 2.68. The van der Waals surface area contributed by atoms with E-state index in [1.54, 1.807) is 13.1 Å². The summed E-state index contributed by atoms with van der Waals surface area (Å²) in [5.74, 6) is 0. The van der Waals surface area contributed by atoms with E-state index in [0.29, 0.717) is 11.4 Å². The van der Waals surface area contributed by atoms with Crippen molar-refractivity contribution in [3.05, 3.63) is 21.3 Å². The van der Waals surface area contributed by atoms with Crippen LogP contribution >= 0.6 is 22.9 Å². The van der Waals surface area contributed by atoms with Gasteiger partial charge in [-0.3, -0.25) is 0 Å². The van der Waals surface area contributed by atoms with Crippen molar-refractivity contribution < 1.29 is 17.9 Å². The van der Waals surface area contributed by atoms with E-state index in [-0.39, 0.29) is 12.6 Å². The summed E-state index contributed by atoms with van der Waals surface area (Å²) in [4.78, 5) is 0.921. The Labute approximate surface area is 107 Å². The first-order valence-electron chi connectivity index (χ1n) is 4.98. The molecule has 1 rings (SSSR count). The first-order valence-corrected chi connectivity index (χ1v) is 6.24. The van der Waals surface area contributed by atoms with Crippen LogP contribution in [0.3, 0.4) is 0 Å². The number of halogens is 4. The van der Waals surface area contributed by atoms with Gasteiger partial charge in [-0.05, 0) is 24.9 Å². The van der Waals surface area contributed by atoms with Gasteiger partial charge < -0.3 is 10.1 Å². The lowest BCUT2D eigenvalue weighted by atomic mass is 10.2. The van der Waals surface area contributed by atoms with Crippen LogP contribution in [0.4, 0.5) is 13.2 Å². The van der Waals surface area contributed by atoms with Gasteiger partial charge in [0.2, 0.25) is 0 Å². The summed E-state index contributed by atoms with van der Waals surface area (Å²) in [6.07, 6.45) is -3.82. The molecule has 0 amide bonds. The molecule has 0 aliphatic carbocycles. The summed E-state index contributed by atoms with van der Waals surface area (Å²) in [5, 5.41) is 5.48. The zero-order valence-electron chi connectivity index (χ0n) is 9.18. The molecule has 1 N–H and O–H groups in total. The van der Waals surface area contributed by atoms with Crippen molar-refractivity contribution in [1.29, 1.82) is 0 Å². The van der Waals surface area contributed by atoms with Gasteiger partial charge in [0.1, 0.15) is 6.61 Å². The molecule has 0 aliphatic heterocycles. The SMILES string of the molecule is CNC(CCOCC(F)(F)F)c1sccc1Cl. The average molecular weight is 288 g/mol. The Morgan fingerprint density at radius 2 is 2.24 bits per heavy atom. The van der Waals surface area contributed by atoms with Gasteiger partial charge in [-0.2, -0.15) is 13.2 Å². The Hall–Kier alpha value is -0.300. The standard InChI is InChI=1S/C10H13ClF3NOS/c1-15-8(9-7(11)3-5-17-9)2-4-16-6-10(12,13)14/h3,5,8,15H,2,4,6H2,1H3. The van der Waals surface area contributed by atoms with Crippen molar-refractivity contribution in [2.45, 2.75) is 18.6 Å². The number of rotatable bonds is 6. The summed E-state index contributed by atoms with van der Waals surface area (Å²) < 4.78 is 40.1. The smallest absolute Gasteiger partial charge is 0.372 e. The molecule has 1 heterocycles. The topological polar surface area (TPSA) is 21.3 Å². The second-order valence-electron chi connectivity index (χ2n) is 3.43. The minimum Gasteiger partial charge on any atom is -0.372 e. The number of ether oxygens (including phenoxy) is 1. The molecular weight excluding hydrogens is 275 g/mol. The van der Waals surface area contributed by atoms with Crippen LogP contribution in [0.25, 0.3) is 0 Å². The van der Waals surface area contributed by atoms with Crippen molar-refractivity contribution >= 4 is 22.9 Å². The Morgan fingerprint density at radius 3 is 2.71 bits per heavy atom. The van der Waals surface area contributed by atoms with Crippen LogP contribution < -0.4 is 5.32 Å². The summed E-state index contributed by atoms with van der Waals surface area (Å²) in [7, 11) is 1.74. The quantitative estimate of drug-likeness (QED) is 0.807. The highest BCUT2D eigenvalue weighted by molar-refractivity contribution is 7.10. The summed E-state index contributed by atoms with van der Waals surface area (Å²) in [6.45, 7) is -1.17. The third-order valence-electron chi connectivity index (χ3n) is 2.13. The molecule has 1 aromatic rings. The van der Waals surface area contributed by atoms with Gasteiger partial charge in [0, 0.05) is 17.5 Å². The lowest BCUT2D eigenvalue weighted by Gasteiger charge is -2.15. The third kappa shape index (κ3) is 5.25. The van der Waals surface area contributed by atoms with Gasteiger partial charge >= 0.3 is 6.18 Å². The maximum absolute atomic E-state index is 11.8. The molecule has 1 aromatic heterocycles. The molecule has 0 spiro atoms. The Morgan fingerprint density at radius 1 is 1.53 bits per heavy atom. The zero-order valence-corrected chi connectivity index (χ0v) is 10.8. The minimum atomic E-state index is -4.27. The number of thiophene rings is 1. The molecule has 0 bridgehead atoms. The first kappa shape index (κ1) is 14.8. The third-order valence-corrected chi connectivity index (χ3v) is 3.60. The first-order chi connectivity index (χ1) is 7.94. The number of nitrogens with one attached hydrogen (secondary N) is 1. The predicted octanol–water partition coefficient (Wildman–Crippen LogP) is 3.63. The minimum absolute atomic E-state index is 0.0409. The van der Waals surface area contributed by atoms with E-state index in [9.17, 15) is 13.2 Å². The molecule has 0 saturated carbocycles. The van der Waals surface area contributed by atoms with E-state index in [1.165, 1.54) is 11.3 Å². The molecule has 0 aromatic carbocycles. The summed E-state index contributed by atoms with van der Waals surface area (Å²) in [6, 6.07) is 1.69. The van der Waals surface area contributed by atoms with Crippen LogP contribution in [-0.2, 0) is 4.74 Å². The van der Waals surface area contributed by atoms with E-state index in [1.807, 2.05) is 5.38 Å². The predicted molar refractivity (Wildman–Crippen MR) is 62.6 cm³/mol. The largest absolute Gasteiger partial charge is 0.411 e. The molecule has 1 atom stereocenters. The lowest BCUT2D eigenvalue weighted by molar-refractivity contribution is -0.174. The van der Waals surface area contributed by atoms with Crippen molar-refractivity contribution in [1.82, 2.24) is 5.32 Å². The van der Waals surface area contributed by atoms with Crippen LogP contribution in [0.2, 0.25) is 5.02 Å². The lowest BCUT2D eigenvalue weighted by Crippen LogP contribution is -2.21. The van der Waals surface area contributed by atoms with Gasteiger partial charge in [-0.1, -0.05) is 11.6 Å². The van der Waals surface area contributed by atoms with E-state index in [4.69, 9.17) is 11.6 Å². The van der Waals surface area contributed by atoms with Crippen LogP contribution in [-0.4, -0.2) is 26.4 Å². The maximum Gasteiger partial charge on any atom is 0.411 e. The second-order valence-corrected chi connectivity index (χ2v) is 4.79. The molecule has 7 heteroatoms. The van der Waals surface area contributed by atoms with Gasteiger partial charge in [-0.15, -0.1) is 11.3 Å². The average Bonchev–Trinajstić information content (AvgIpc) is 2.63. The summed E-state index contributed by atoms with van der Waals surface area (Å²) in [5.41, 5.74) is 0. The molecular formula is C10H13ClF3NOS. The van der Waals surface area contributed by atoms with E-state index in [0.717, 1.165) is 4.88 Å². The summed E-state index contributed by atoms with van der Waals surface area (Å²) >= 11 is 7.42. The van der Waals surface area contributed by atoms with Crippen LogP contribution in [0, 0.1) is 0 Å². The fraction of sp³-hybridized carbons (Fsp3) is 0.600. The number of alkyl halides is 3. The molecule has 17 heavy (non-hydrogen) atoms. The van der Waals surface area contributed by atoms with E-state index >= 15 is 0 Å². The van der Waals surface area contributed by atoms with Gasteiger partial charge in [0.25, 0.3) is 0 Å². The van der Waals surface area contributed by atoms with Gasteiger partial charge in [0.15, 0.2) is 0 Å². The van der Waals surface area contributed by atoms with E-state index < -0.39 is 12.8 Å². The van der Waals surface area contributed by atoms with Crippen molar-refractivity contribution in [2.75, 3.05) is 20.3 Å². The molecule has 1 unspecified atom stereocenters. The zero-order chi connectivity index (χ0) is 12.9. The van der Waals surface area contributed by atoms with Crippen molar-refractivity contribution in [2.24, 2.45) is 0 Å². The normalized spacial score (nSPS) is 13.9. The monoisotopic (exact) mass is 287 g/mol. The molecule has 0 saturated heterocycles. The Bertz CT molecular complexity index is 343. The Kier molecular flexibility index (Phi) is 5.72. The van der Waals surface area contributed by atoms with Crippen LogP contribution in [0.1, 0.15) is 17.3 Å². The van der Waals surface area contributed by atoms with Crippen LogP contribution in [0.5, 0.6) is 0 Å². The van der Waals surface area contributed by atoms with E-state index in [2.05, 4.69) is 10.1 Å². The molecule has 98 valence electrons. The van der Waals surface area contributed by atoms with Crippen molar-refractivity contribution in [3.8, 4) is 0 Å². The second kappa shape index (κ2) is 6.58. The molecule has 2 nitrogen and oxygen atoms in total. The molecule has 0 fully saturated rings. The highest BCUT2D eigenvalue weighted by Crippen LogP contribution is 2.30. The van der Waals surface area contributed by atoms with Gasteiger partial charge in [0.05, 0.1) is 5.02 Å². The fourth-order valence-electron chi connectivity index (χ4n) is 1.35. The van der Waals surface area contributed by atoms with Crippen molar-refractivity contribution in [3.63, 3.8) is 0 Å². The number of hydrogen-bond donors (Lipinski definition) is 1. The molecule has 0 aliphatic rings. The Balaban J connectivity index is 2.37. The number of hydrogen-bond acceptors (Lipinski definition) is 3. The molecule has 0 radical (unpaired) electrons. The highest BCUT2D eigenvalue weighted by Gasteiger charge is 2.27. The highest BCUT2D eigenvalue weighted by atomic mass is 35.5.